The van der Waals surface area contributed by atoms with Crippen LogP contribution in [-0.2, 0) is 28.6 Å². The van der Waals surface area contributed by atoms with Crippen LogP contribution in [0.1, 0.15) is 342 Å². The normalized spacial score (nSPS) is 12.3. The van der Waals surface area contributed by atoms with Gasteiger partial charge >= 0.3 is 17.9 Å². The topological polar surface area (TPSA) is 78.9 Å². The fourth-order valence-electron chi connectivity index (χ4n) is 9.51. The zero-order chi connectivity index (χ0) is 52.9. The minimum absolute atomic E-state index is 0.0750. The minimum Gasteiger partial charge on any atom is -0.462 e. The third-order valence-electron chi connectivity index (χ3n) is 14.3. The van der Waals surface area contributed by atoms with Crippen LogP contribution in [0.2, 0.25) is 0 Å². The summed E-state index contributed by atoms with van der Waals surface area (Å²) in [6.45, 7) is 6.57. The van der Waals surface area contributed by atoms with Crippen molar-refractivity contribution in [2.24, 2.45) is 0 Å². The highest BCUT2D eigenvalue weighted by molar-refractivity contribution is 5.71. The van der Waals surface area contributed by atoms with Crippen molar-refractivity contribution in [1.29, 1.82) is 0 Å². The summed E-state index contributed by atoms with van der Waals surface area (Å²) in [5.41, 5.74) is 0. The van der Waals surface area contributed by atoms with Gasteiger partial charge in [0.2, 0.25) is 0 Å². The van der Waals surface area contributed by atoms with E-state index in [1.807, 2.05) is 0 Å². The van der Waals surface area contributed by atoms with Crippen molar-refractivity contribution in [1.82, 2.24) is 0 Å². The maximum absolute atomic E-state index is 12.9. The Hall–Kier alpha value is -2.63. The molecule has 0 aromatic heterocycles. The predicted octanol–water partition coefficient (Wildman–Crippen LogP) is 21.8. The summed E-state index contributed by atoms with van der Waals surface area (Å²) < 4.78 is 16.9. The standard InChI is InChI=1S/C67H122O6/c1-4-7-10-13-16-19-22-25-28-30-32-33-35-37-40-43-46-49-52-55-58-61-67(70)73-64(62-71-65(68)59-56-53-50-47-44-41-38-27-24-21-18-15-12-9-6-3)63-72-66(69)60-57-54-51-48-45-42-39-36-34-31-29-26-23-20-17-14-11-8-5-2/h9,12,18,21,25,27-28,38,64H,4-8,10-11,13-17,19-20,22-24,26,29-37,39-63H2,1-3H3/b12-9-,21-18-,28-25-,38-27-/t64-/m1/s1. The molecule has 0 bridgehead atoms. The zero-order valence-electron chi connectivity index (χ0n) is 48.9. The van der Waals surface area contributed by atoms with E-state index < -0.39 is 6.10 Å². The maximum atomic E-state index is 12.9. The monoisotopic (exact) mass is 1020 g/mol. The highest BCUT2D eigenvalue weighted by Crippen LogP contribution is 2.17. The first-order valence-electron chi connectivity index (χ1n) is 32.1. The first-order valence-corrected chi connectivity index (χ1v) is 32.1. The SMILES string of the molecule is CC/C=C\C/C=C\C/C=C\CCCCCCCC(=O)OC[C@H](COC(=O)CCCCCCCCCCCCCCCCCCCCC)OC(=O)CCCCCCCCCCCCC/C=C\CCCCCCCC. The van der Waals surface area contributed by atoms with Gasteiger partial charge in [-0.3, -0.25) is 14.4 Å². The number of ether oxygens (including phenoxy) is 3. The molecule has 73 heavy (non-hydrogen) atoms. The van der Waals surface area contributed by atoms with Crippen LogP contribution in [0, 0.1) is 0 Å². The Kier molecular flexibility index (Phi) is 59.7. The molecule has 0 aromatic rings. The van der Waals surface area contributed by atoms with Gasteiger partial charge in [0.1, 0.15) is 13.2 Å². The molecule has 0 aliphatic rings. The Bertz CT molecular complexity index is 1270. The molecule has 0 aliphatic heterocycles. The molecule has 0 heterocycles. The van der Waals surface area contributed by atoms with Crippen molar-refractivity contribution in [3.63, 3.8) is 0 Å². The van der Waals surface area contributed by atoms with Gasteiger partial charge < -0.3 is 14.2 Å². The zero-order valence-corrected chi connectivity index (χ0v) is 48.9. The lowest BCUT2D eigenvalue weighted by Crippen LogP contribution is -2.30. The van der Waals surface area contributed by atoms with Crippen molar-refractivity contribution < 1.29 is 28.6 Å². The molecule has 0 saturated heterocycles. The average molecular weight is 1020 g/mol. The molecule has 0 unspecified atom stereocenters. The van der Waals surface area contributed by atoms with Crippen molar-refractivity contribution >= 4 is 17.9 Å². The highest BCUT2D eigenvalue weighted by atomic mass is 16.6. The maximum Gasteiger partial charge on any atom is 0.306 e. The van der Waals surface area contributed by atoms with Crippen LogP contribution in [0.15, 0.2) is 48.6 Å². The lowest BCUT2D eigenvalue weighted by Gasteiger charge is -2.18. The first-order chi connectivity index (χ1) is 36.0. The molecule has 1 atom stereocenters. The third-order valence-corrected chi connectivity index (χ3v) is 14.3. The molecule has 0 fully saturated rings. The number of allylic oxidation sites excluding steroid dienone is 8. The molecule has 6 nitrogen and oxygen atoms in total. The molecular formula is C67H122O6. The predicted molar refractivity (Wildman–Crippen MR) is 316 cm³/mol. The molecule has 0 radical (unpaired) electrons. The quantitative estimate of drug-likeness (QED) is 0.0261. The summed E-state index contributed by atoms with van der Waals surface area (Å²) in [5, 5.41) is 0. The van der Waals surface area contributed by atoms with E-state index in [0.29, 0.717) is 19.3 Å². The molecule has 0 saturated carbocycles. The Morgan fingerprint density at radius 1 is 0.288 bits per heavy atom. The number of carbonyl (C=O) groups excluding carboxylic acids is 3. The van der Waals surface area contributed by atoms with Gasteiger partial charge in [-0.05, 0) is 77.0 Å². The number of carbonyl (C=O) groups is 3. The first kappa shape index (κ1) is 70.4. The van der Waals surface area contributed by atoms with Crippen LogP contribution >= 0.6 is 0 Å². The number of hydrogen-bond donors (Lipinski definition) is 0. The molecule has 0 aliphatic carbocycles. The summed E-state index contributed by atoms with van der Waals surface area (Å²) in [7, 11) is 0. The van der Waals surface area contributed by atoms with E-state index in [1.165, 1.54) is 205 Å². The van der Waals surface area contributed by atoms with Gasteiger partial charge in [-0.15, -0.1) is 0 Å². The molecule has 426 valence electrons. The van der Waals surface area contributed by atoms with Gasteiger partial charge in [0.15, 0.2) is 6.10 Å². The van der Waals surface area contributed by atoms with Crippen LogP contribution in [0.4, 0.5) is 0 Å². The van der Waals surface area contributed by atoms with Crippen molar-refractivity contribution in [2.45, 2.75) is 348 Å². The van der Waals surface area contributed by atoms with Crippen molar-refractivity contribution in [3.8, 4) is 0 Å². The molecule has 0 spiro atoms. The second kappa shape index (κ2) is 61.9. The summed E-state index contributed by atoms with van der Waals surface area (Å²) in [6, 6.07) is 0. The summed E-state index contributed by atoms with van der Waals surface area (Å²) in [4.78, 5) is 38.3. The highest BCUT2D eigenvalue weighted by Gasteiger charge is 2.19. The van der Waals surface area contributed by atoms with E-state index in [0.717, 1.165) is 96.3 Å². The van der Waals surface area contributed by atoms with E-state index in [9.17, 15) is 14.4 Å². The van der Waals surface area contributed by atoms with E-state index in [1.54, 1.807) is 0 Å². The van der Waals surface area contributed by atoms with E-state index in [-0.39, 0.29) is 31.1 Å². The van der Waals surface area contributed by atoms with Crippen LogP contribution in [0.3, 0.4) is 0 Å². The van der Waals surface area contributed by atoms with Crippen LogP contribution < -0.4 is 0 Å². The van der Waals surface area contributed by atoms with Crippen LogP contribution in [0.25, 0.3) is 0 Å². The lowest BCUT2D eigenvalue weighted by molar-refractivity contribution is -0.167. The van der Waals surface area contributed by atoms with Gasteiger partial charge in [0.05, 0.1) is 0 Å². The Labute approximate surface area is 454 Å². The van der Waals surface area contributed by atoms with Gasteiger partial charge in [-0.2, -0.15) is 0 Å². The molecule has 0 amide bonds. The fraction of sp³-hybridized carbons (Fsp3) is 0.836. The van der Waals surface area contributed by atoms with Crippen molar-refractivity contribution in [3.05, 3.63) is 48.6 Å². The van der Waals surface area contributed by atoms with E-state index in [4.69, 9.17) is 14.2 Å². The number of hydrogen-bond acceptors (Lipinski definition) is 6. The van der Waals surface area contributed by atoms with Crippen LogP contribution in [-0.4, -0.2) is 37.2 Å². The van der Waals surface area contributed by atoms with Gasteiger partial charge in [0.25, 0.3) is 0 Å². The third kappa shape index (κ3) is 60.1. The van der Waals surface area contributed by atoms with Crippen LogP contribution in [0.5, 0.6) is 0 Å². The van der Waals surface area contributed by atoms with Gasteiger partial charge in [-0.25, -0.2) is 0 Å². The fourth-order valence-corrected chi connectivity index (χ4v) is 9.51. The largest absolute Gasteiger partial charge is 0.462 e. The number of esters is 3. The summed E-state index contributed by atoms with van der Waals surface area (Å²) in [5.74, 6) is -0.872. The summed E-state index contributed by atoms with van der Waals surface area (Å²) >= 11 is 0. The van der Waals surface area contributed by atoms with E-state index in [2.05, 4.69) is 69.4 Å². The second-order valence-electron chi connectivity index (χ2n) is 21.6. The lowest BCUT2D eigenvalue weighted by atomic mass is 10.0. The Morgan fingerprint density at radius 3 is 0.849 bits per heavy atom. The molecule has 0 N–H and O–H groups in total. The molecule has 0 aromatic carbocycles. The molecule has 6 heteroatoms. The number of unbranched alkanes of at least 4 members (excludes halogenated alkanes) is 40. The molecular weight excluding hydrogens is 901 g/mol. The molecule has 0 rings (SSSR count). The van der Waals surface area contributed by atoms with Crippen molar-refractivity contribution in [2.75, 3.05) is 13.2 Å². The second-order valence-corrected chi connectivity index (χ2v) is 21.6. The minimum atomic E-state index is -0.779. The number of rotatable bonds is 59. The Balaban J connectivity index is 4.33. The van der Waals surface area contributed by atoms with E-state index >= 15 is 0 Å². The summed E-state index contributed by atoms with van der Waals surface area (Å²) in [6.07, 6.45) is 76.9. The van der Waals surface area contributed by atoms with Gasteiger partial charge in [-0.1, -0.05) is 294 Å². The average Bonchev–Trinajstić information content (AvgIpc) is 3.39. The van der Waals surface area contributed by atoms with Gasteiger partial charge in [0, 0.05) is 19.3 Å². The smallest absolute Gasteiger partial charge is 0.306 e. The Morgan fingerprint density at radius 2 is 0.534 bits per heavy atom.